The van der Waals surface area contributed by atoms with E-state index in [1.54, 1.807) is 0 Å². The van der Waals surface area contributed by atoms with Crippen LogP contribution in [0.1, 0.15) is 12.1 Å². The molecule has 1 aliphatic heterocycles. The molecule has 1 saturated heterocycles. The summed E-state index contributed by atoms with van der Waals surface area (Å²) in [6.07, 6.45) is 1.08. The van der Waals surface area contributed by atoms with Crippen molar-refractivity contribution in [3.63, 3.8) is 0 Å². The second kappa shape index (κ2) is 5.63. The fraction of sp³-hybridized carbons (Fsp3) is 0.467. The molecular formula is C15H21N3O. The number of morpholine rings is 1. The number of fused-ring (bicyclic) bond motifs is 1. The summed E-state index contributed by atoms with van der Waals surface area (Å²) in [5.41, 5.74) is 3.63. The molecule has 3 N–H and O–H groups in total. The molecule has 1 aromatic heterocycles. The number of hydrogen-bond donors (Lipinski definition) is 3. The predicted octanol–water partition coefficient (Wildman–Crippen LogP) is 2.27. The van der Waals surface area contributed by atoms with Gasteiger partial charge >= 0.3 is 0 Å². The molecule has 4 nitrogen and oxygen atoms in total. The topological polar surface area (TPSA) is 49.1 Å². The maximum Gasteiger partial charge on any atom is 0.0628 e. The second-order valence-corrected chi connectivity index (χ2v) is 5.11. The minimum atomic E-state index is 0.478. The quantitative estimate of drug-likeness (QED) is 0.789. The second-order valence-electron chi connectivity index (χ2n) is 5.11. The largest absolute Gasteiger partial charge is 0.383 e. The average Bonchev–Trinajstić information content (AvgIpc) is 2.76. The first kappa shape index (κ1) is 12.5. The maximum atomic E-state index is 5.47. The Morgan fingerprint density at radius 1 is 1.37 bits per heavy atom. The first-order valence-electron chi connectivity index (χ1n) is 6.97. The van der Waals surface area contributed by atoms with E-state index < -0.39 is 0 Å². The van der Waals surface area contributed by atoms with Crippen LogP contribution in [0.2, 0.25) is 0 Å². The summed E-state index contributed by atoms with van der Waals surface area (Å²) in [6, 6.07) is 8.89. The van der Waals surface area contributed by atoms with Crippen LogP contribution in [-0.2, 0) is 4.74 Å². The fourth-order valence-corrected chi connectivity index (χ4v) is 2.68. The molecule has 0 saturated carbocycles. The molecule has 1 atom stereocenters. The van der Waals surface area contributed by atoms with Crippen molar-refractivity contribution >= 4 is 16.6 Å². The molecule has 2 heterocycles. The monoisotopic (exact) mass is 259 g/mol. The Balaban J connectivity index is 1.63. The van der Waals surface area contributed by atoms with E-state index in [1.165, 1.54) is 22.3 Å². The molecule has 0 spiro atoms. The number of anilines is 1. The summed E-state index contributed by atoms with van der Waals surface area (Å²) in [5.74, 6) is 0. The number of nitrogens with one attached hydrogen (secondary N) is 3. The van der Waals surface area contributed by atoms with E-state index in [2.05, 4.69) is 46.8 Å². The van der Waals surface area contributed by atoms with Crippen molar-refractivity contribution in [3.8, 4) is 0 Å². The summed E-state index contributed by atoms with van der Waals surface area (Å²) < 4.78 is 5.47. The molecule has 2 aromatic rings. The molecule has 1 aliphatic rings. The van der Waals surface area contributed by atoms with Gasteiger partial charge in [-0.05, 0) is 19.4 Å². The first-order chi connectivity index (χ1) is 9.34. The lowest BCUT2D eigenvalue weighted by Gasteiger charge is -2.23. The Kier molecular flexibility index (Phi) is 3.71. The van der Waals surface area contributed by atoms with Gasteiger partial charge in [0, 0.05) is 35.7 Å². The zero-order valence-corrected chi connectivity index (χ0v) is 11.3. The van der Waals surface area contributed by atoms with Gasteiger partial charge in [-0.15, -0.1) is 0 Å². The van der Waals surface area contributed by atoms with Gasteiger partial charge in [0.15, 0.2) is 0 Å². The highest BCUT2D eigenvalue weighted by molar-refractivity contribution is 5.94. The highest BCUT2D eigenvalue weighted by Crippen LogP contribution is 2.26. The van der Waals surface area contributed by atoms with Gasteiger partial charge in [-0.3, -0.25) is 0 Å². The zero-order valence-electron chi connectivity index (χ0n) is 11.3. The van der Waals surface area contributed by atoms with Gasteiger partial charge in [0.25, 0.3) is 0 Å². The Hall–Kier alpha value is -1.52. The number of rotatable bonds is 4. The first-order valence-corrected chi connectivity index (χ1v) is 6.97. The fourth-order valence-electron chi connectivity index (χ4n) is 2.68. The third kappa shape index (κ3) is 2.74. The van der Waals surface area contributed by atoms with E-state index in [1.807, 2.05) is 0 Å². The number of aryl methyl sites for hydroxylation is 1. The summed E-state index contributed by atoms with van der Waals surface area (Å²) in [6.45, 7) is 5.71. The molecule has 102 valence electrons. The Labute approximate surface area is 113 Å². The third-order valence-corrected chi connectivity index (χ3v) is 3.69. The molecule has 0 radical (unpaired) electrons. The van der Waals surface area contributed by atoms with Gasteiger partial charge in [-0.25, -0.2) is 0 Å². The van der Waals surface area contributed by atoms with E-state index >= 15 is 0 Å². The SMILES string of the molecule is Cc1[nH]c2ccccc2c1NCCC1COCCN1. The maximum absolute atomic E-state index is 5.47. The molecule has 1 aromatic carbocycles. The van der Waals surface area contributed by atoms with Crippen molar-refractivity contribution in [2.75, 3.05) is 31.6 Å². The van der Waals surface area contributed by atoms with Crippen LogP contribution in [0, 0.1) is 6.92 Å². The van der Waals surface area contributed by atoms with Gasteiger partial charge in [0.2, 0.25) is 0 Å². The molecular weight excluding hydrogens is 238 g/mol. The van der Waals surface area contributed by atoms with Gasteiger partial charge in [-0.1, -0.05) is 18.2 Å². The van der Waals surface area contributed by atoms with Crippen molar-refractivity contribution in [3.05, 3.63) is 30.0 Å². The molecule has 3 rings (SSSR count). The van der Waals surface area contributed by atoms with Crippen LogP contribution in [0.15, 0.2) is 24.3 Å². The van der Waals surface area contributed by atoms with Crippen molar-refractivity contribution in [1.29, 1.82) is 0 Å². The van der Waals surface area contributed by atoms with Gasteiger partial charge < -0.3 is 20.4 Å². The number of H-pyrrole nitrogens is 1. The smallest absolute Gasteiger partial charge is 0.0628 e. The van der Waals surface area contributed by atoms with Crippen molar-refractivity contribution in [2.45, 2.75) is 19.4 Å². The van der Waals surface area contributed by atoms with Gasteiger partial charge in [0.1, 0.15) is 0 Å². The van der Waals surface area contributed by atoms with Crippen LogP contribution in [0.4, 0.5) is 5.69 Å². The number of aromatic amines is 1. The lowest BCUT2D eigenvalue weighted by molar-refractivity contribution is 0.0753. The van der Waals surface area contributed by atoms with Crippen molar-refractivity contribution in [2.24, 2.45) is 0 Å². The average molecular weight is 259 g/mol. The molecule has 0 aliphatic carbocycles. The Bertz CT molecular complexity index is 543. The summed E-state index contributed by atoms with van der Waals surface area (Å²) >= 11 is 0. The number of aromatic nitrogens is 1. The molecule has 19 heavy (non-hydrogen) atoms. The highest BCUT2D eigenvalue weighted by atomic mass is 16.5. The highest BCUT2D eigenvalue weighted by Gasteiger charge is 2.13. The normalized spacial score (nSPS) is 19.7. The van der Waals surface area contributed by atoms with Crippen LogP contribution in [-0.4, -0.2) is 37.3 Å². The van der Waals surface area contributed by atoms with Crippen molar-refractivity contribution < 1.29 is 4.74 Å². The molecule has 1 unspecified atom stereocenters. The lowest BCUT2D eigenvalue weighted by atomic mass is 10.2. The number of benzene rings is 1. The molecule has 4 heteroatoms. The van der Waals surface area contributed by atoms with E-state index in [4.69, 9.17) is 4.74 Å². The van der Waals surface area contributed by atoms with E-state index in [-0.39, 0.29) is 0 Å². The molecule has 1 fully saturated rings. The zero-order chi connectivity index (χ0) is 13.1. The molecule has 0 amide bonds. The van der Waals surface area contributed by atoms with Crippen LogP contribution in [0.25, 0.3) is 10.9 Å². The standard InChI is InChI=1S/C15H21N3O/c1-11-15(13-4-2-3-5-14(13)18-11)17-7-6-12-10-19-9-8-16-12/h2-5,12,16-18H,6-10H2,1H3. The van der Waals surface area contributed by atoms with E-state index in [0.29, 0.717) is 6.04 Å². The number of hydrogen-bond acceptors (Lipinski definition) is 3. The summed E-state index contributed by atoms with van der Waals surface area (Å²) in [7, 11) is 0. The third-order valence-electron chi connectivity index (χ3n) is 3.69. The van der Waals surface area contributed by atoms with Gasteiger partial charge in [0.05, 0.1) is 18.9 Å². The number of ether oxygens (including phenoxy) is 1. The minimum absolute atomic E-state index is 0.478. The number of para-hydroxylation sites is 1. The Morgan fingerprint density at radius 3 is 3.11 bits per heavy atom. The lowest BCUT2D eigenvalue weighted by Crippen LogP contribution is -2.42. The van der Waals surface area contributed by atoms with E-state index in [0.717, 1.165) is 32.7 Å². The van der Waals surface area contributed by atoms with Crippen LogP contribution >= 0.6 is 0 Å². The summed E-state index contributed by atoms with van der Waals surface area (Å²) in [5, 5.41) is 8.31. The van der Waals surface area contributed by atoms with E-state index in [9.17, 15) is 0 Å². The minimum Gasteiger partial charge on any atom is -0.383 e. The van der Waals surface area contributed by atoms with Crippen LogP contribution in [0.3, 0.4) is 0 Å². The summed E-state index contributed by atoms with van der Waals surface area (Å²) in [4.78, 5) is 3.41. The predicted molar refractivity (Wildman–Crippen MR) is 78.8 cm³/mol. The van der Waals surface area contributed by atoms with Crippen LogP contribution in [0.5, 0.6) is 0 Å². The Morgan fingerprint density at radius 2 is 2.26 bits per heavy atom. The van der Waals surface area contributed by atoms with Gasteiger partial charge in [-0.2, -0.15) is 0 Å². The van der Waals surface area contributed by atoms with Crippen molar-refractivity contribution in [1.82, 2.24) is 10.3 Å². The molecule has 0 bridgehead atoms. The van der Waals surface area contributed by atoms with Crippen LogP contribution < -0.4 is 10.6 Å².